The first kappa shape index (κ1) is 8.99. The van der Waals surface area contributed by atoms with Crippen LogP contribution in [0.15, 0.2) is 4.99 Å². The number of alkyl halides is 3. The number of piperidine rings is 1. The highest BCUT2D eigenvalue weighted by molar-refractivity contribution is 5.91. The molecule has 2 unspecified atom stereocenters. The standard InChI is InChI=1S/C8H11F3N2/c9-8(10,11)5-12-7-4-13-2-1-6(7)3-13/h6H,1-5H2. The number of aliphatic imine (C=N–C) groups is 1. The highest BCUT2D eigenvalue weighted by atomic mass is 19.4. The molecule has 2 saturated heterocycles. The average molecular weight is 192 g/mol. The monoisotopic (exact) mass is 192 g/mol. The highest BCUT2D eigenvalue weighted by Gasteiger charge is 2.35. The van der Waals surface area contributed by atoms with E-state index in [2.05, 4.69) is 9.89 Å². The summed E-state index contributed by atoms with van der Waals surface area (Å²) in [7, 11) is 0. The summed E-state index contributed by atoms with van der Waals surface area (Å²) in [6, 6.07) is 0. The molecule has 2 atom stereocenters. The van der Waals surface area contributed by atoms with E-state index in [1.165, 1.54) is 0 Å². The van der Waals surface area contributed by atoms with Crippen molar-refractivity contribution >= 4 is 5.71 Å². The first-order chi connectivity index (χ1) is 6.04. The van der Waals surface area contributed by atoms with Crippen molar-refractivity contribution in [2.45, 2.75) is 12.6 Å². The van der Waals surface area contributed by atoms with E-state index in [9.17, 15) is 13.2 Å². The van der Waals surface area contributed by atoms with E-state index in [1.807, 2.05) is 0 Å². The molecule has 0 aromatic rings. The molecule has 0 amide bonds. The van der Waals surface area contributed by atoms with Gasteiger partial charge in [-0.15, -0.1) is 0 Å². The fourth-order valence-electron chi connectivity index (χ4n) is 1.98. The smallest absolute Gasteiger partial charge is 0.297 e. The van der Waals surface area contributed by atoms with E-state index in [0.29, 0.717) is 12.5 Å². The highest BCUT2D eigenvalue weighted by Crippen LogP contribution is 2.26. The molecule has 0 spiro atoms. The molecular formula is C8H11F3N2. The van der Waals surface area contributed by atoms with Crippen molar-refractivity contribution in [3.05, 3.63) is 0 Å². The van der Waals surface area contributed by atoms with Crippen molar-refractivity contribution in [3.63, 3.8) is 0 Å². The number of hydrogen-bond acceptors (Lipinski definition) is 2. The summed E-state index contributed by atoms with van der Waals surface area (Å²) in [5.41, 5.74) is 0.753. The summed E-state index contributed by atoms with van der Waals surface area (Å²) in [5, 5.41) is 0. The normalized spacial score (nSPS) is 36.1. The van der Waals surface area contributed by atoms with Crippen LogP contribution in [0.2, 0.25) is 0 Å². The van der Waals surface area contributed by atoms with Crippen molar-refractivity contribution in [3.8, 4) is 0 Å². The van der Waals surface area contributed by atoms with Crippen LogP contribution in [0, 0.1) is 5.92 Å². The van der Waals surface area contributed by atoms with Gasteiger partial charge in [0.2, 0.25) is 0 Å². The maximum absolute atomic E-state index is 11.8. The number of nitrogens with zero attached hydrogens (tertiary/aromatic N) is 2. The number of hydrogen-bond donors (Lipinski definition) is 0. The molecular weight excluding hydrogens is 181 g/mol. The van der Waals surface area contributed by atoms with Gasteiger partial charge < -0.3 is 0 Å². The van der Waals surface area contributed by atoms with E-state index < -0.39 is 12.7 Å². The molecule has 2 nitrogen and oxygen atoms in total. The quantitative estimate of drug-likeness (QED) is 0.612. The van der Waals surface area contributed by atoms with Crippen LogP contribution in [0.5, 0.6) is 0 Å². The zero-order chi connectivity index (χ0) is 9.47. The molecule has 0 N–H and O–H groups in total. The summed E-state index contributed by atoms with van der Waals surface area (Å²) < 4.78 is 35.5. The van der Waals surface area contributed by atoms with Crippen LogP contribution in [0.4, 0.5) is 13.2 Å². The first-order valence-corrected chi connectivity index (χ1v) is 4.37. The summed E-state index contributed by atoms with van der Waals surface area (Å²) in [6.07, 6.45) is -3.17. The molecule has 2 aliphatic rings. The summed E-state index contributed by atoms with van der Waals surface area (Å²) in [6.45, 7) is 1.58. The van der Waals surface area contributed by atoms with Crippen LogP contribution in [0.1, 0.15) is 6.42 Å². The maximum Gasteiger partial charge on any atom is 0.407 e. The lowest BCUT2D eigenvalue weighted by Crippen LogP contribution is -2.25. The molecule has 0 saturated carbocycles. The minimum atomic E-state index is -4.15. The Morgan fingerprint density at radius 2 is 2.23 bits per heavy atom. The van der Waals surface area contributed by atoms with Gasteiger partial charge in [0.25, 0.3) is 0 Å². The van der Waals surface area contributed by atoms with Gasteiger partial charge in [0.1, 0.15) is 6.54 Å². The third-order valence-electron chi connectivity index (χ3n) is 2.59. The van der Waals surface area contributed by atoms with Crippen molar-refractivity contribution in [2.24, 2.45) is 10.9 Å². The van der Waals surface area contributed by atoms with E-state index in [0.717, 1.165) is 25.2 Å². The predicted molar refractivity (Wildman–Crippen MR) is 42.9 cm³/mol. The predicted octanol–water partition coefficient (Wildman–Crippen LogP) is 1.33. The number of halogens is 3. The molecule has 0 radical (unpaired) electrons. The Bertz CT molecular complexity index is 234. The summed E-state index contributed by atoms with van der Waals surface area (Å²) in [4.78, 5) is 5.78. The lowest BCUT2D eigenvalue weighted by Gasteiger charge is -2.13. The van der Waals surface area contributed by atoms with Crippen molar-refractivity contribution in [2.75, 3.05) is 26.2 Å². The van der Waals surface area contributed by atoms with Gasteiger partial charge in [-0.2, -0.15) is 13.2 Å². The van der Waals surface area contributed by atoms with Gasteiger partial charge >= 0.3 is 6.18 Å². The minimum absolute atomic E-state index is 0.308. The molecule has 74 valence electrons. The van der Waals surface area contributed by atoms with E-state index in [1.54, 1.807) is 0 Å². The zero-order valence-electron chi connectivity index (χ0n) is 7.14. The van der Waals surface area contributed by atoms with E-state index in [-0.39, 0.29) is 0 Å². The fourth-order valence-corrected chi connectivity index (χ4v) is 1.98. The van der Waals surface area contributed by atoms with Crippen LogP contribution in [0.25, 0.3) is 0 Å². The molecule has 0 aromatic carbocycles. The summed E-state index contributed by atoms with van der Waals surface area (Å²) in [5.74, 6) is 0.308. The van der Waals surface area contributed by atoms with Gasteiger partial charge in [-0.25, -0.2) is 0 Å². The third kappa shape index (κ3) is 2.02. The Kier molecular flexibility index (Phi) is 2.06. The maximum atomic E-state index is 11.8. The van der Waals surface area contributed by atoms with Crippen molar-refractivity contribution in [1.29, 1.82) is 0 Å². The Morgan fingerprint density at radius 3 is 2.69 bits per heavy atom. The molecule has 13 heavy (non-hydrogen) atoms. The van der Waals surface area contributed by atoms with Gasteiger partial charge in [-0.3, -0.25) is 9.89 Å². The minimum Gasteiger partial charge on any atom is -0.297 e. The Balaban J connectivity index is 1.95. The molecule has 2 bridgehead atoms. The van der Waals surface area contributed by atoms with Gasteiger partial charge in [-0.05, 0) is 13.0 Å². The van der Waals surface area contributed by atoms with Crippen molar-refractivity contribution < 1.29 is 13.2 Å². The van der Waals surface area contributed by atoms with Gasteiger partial charge in [0.05, 0.1) is 0 Å². The molecule has 2 fully saturated rings. The summed E-state index contributed by atoms with van der Waals surface area (Å²) >= 11 is 0. The van der Waals surface area contributed by atoms with Crippen molar-refractivity contribution in [1.82, 2.24) is 4.90 Å². The average Bonchev–Trinajstić information content (AvgIpc) is 2.58. The van der Waals surface area contributed by atoms with Gasteiger partial charge in [0, 0.05) is 24.7 Å². The molecule has 2 aliphatic heterocycles. The van der Waals surface area contributed by atoms with Crippen LogP contribution < -0.4 is 0 Å². The Morgan fingerprint density at radius 1 is 1.46 bits per heavy atom. The van der Waals surface area contributed by atoms with Crippen LogP contribution in [-0.2, 0) is 0 Å². The first-order valence-electron chi connectivity index (χ1n) is 4.37. The number of fused-ring (bicyclic) bond motifs is 2. The molecule has 0 aliphatic carbocycles. The molecule has 0 aromatic heterocycles. The second kappa shape index (κ2) is 2.97. The van der Waals surface area contributed by atoms with E-state index >= 15 is 0 Å². The fraction of sp³-hybridized carbons (Fsp3) is 0.875. The Hall–Kier alpha value is -0.580. The second-order valence-electron chi connectivity index (χ2n) is 3.64. The lowest BCUT2D eigenvalue weighted by atomic mass is 10.0. The van der Waals surface area contributed by atoms with Crippen LogP contribution in [0.3, 0.4) is 0 Å². The van der Waals surface area contributed by atoms with Gasteiger partial charge in [-0.1, -0.05) is 0 Å². The molecule has 2 rings (SSSR count). The van der Waals surface area contributed by atoms with E-state index in [4.69, 9.17) is 0 Å². The molecule has 2 heterocycles. The van der Waals surface area contributed by atoms with Gasteiger partial charge in [0.15, 0.2) is 0 Å². The van der Waals surface area contributed by atoms with Crippen LogP contribution >= 0.6 is 0 Å². The largest absolute Gasteiger partial charge is 0.407 e. The topological polar surface area (TPSA) is 15.6 Å². The molecule has 5 heteroatoms. The SMILES string of the molecule is FC(F)(F)CN=C1CN2CCC1C2. The number of rotatable bonds is 1. The third-order valence-corrected chi connectivity index (χ3v) is 2.59. The van der Waals surface area contributed by atoms with Crippen LogP contribution in [-0.4, -0.2) is 43.0 Å². The zero-order valence-corrected chi connectivity index (χ0v) is 7.14. The lowest BCUT2D eigenvalue weighted by molar-refractivity contribution is -0.118. The second-order valence-corrected chi connectivity index (χ2v) is 3.64. The Labute approximate surface area is 74.4 Å².